The number of hydrogen-bond acceptors (Lipinski definition) is 8. The lowest BCUT2D eigenvalue weighted by Crippen LogP contribution is -2.25. The average molecular weight is 410 g/mol. The van der Waals surface area contributed by atoms with E-state index in [9.17, 15) is 4.79 Å². The number of nitrogens with one attached hydrogen (secondary N) is 2. The van der Waals surface area contributed by atoms with Crippen molar-refractivity contribution >= 4 is 34.0 Å². The summed E-state index contributed by atoms with van der Waals surface area (Å²) in [5.41, 5.74) is 3.19. The summed E-state index contributed by atoms with van der Waals surface area (Å²) in [4.78, 5) is 23.4. The van der Waals surface area contributed by atoms with E-state index in [1.54, 1.807) is 23.8 Å². The number of aromatic nitrogens is 4. The van der Waals surface area contributed by atoms with E-state index < -0.39 is 0 Å². The van der Waals surface area contributed by atoms with Gasteiger partial charge in [0.05, 0.1) is 5.56 Å². The highest BCUT2D eigenvalue weighted by atomic mass is 32.1. The third-order valence-corrected chi connectivity index (χ3v) is 5.43. The second-order valence-electron chi connectivity index (χ2n) is 6.91. The van der Waals surface area contributed by atoms with Gasteiger partial charge >= 0.3 is 0 Å². The van der Waals surface area contributed by atoms with Crippen molar-refractivity contribution in [1.82, 2.24) is 20.2 Å². The zero-order chi connectivity index (χ0) is 19.9. The SMILES string of the molecule is O=C(Nc1nncs1)c1ccc(NCc2ccnc(N3CCCCCC3)c2)nc1. The molecule has 1 fully saturated rings. The third-order valence-electron chi connectivity index (χ3n) is 4.82. The van der Waals surface area contributed by atoms with Crippen molar-refractivity contribution in [1.29, 1.82) is 0 Å². The van der Waals surface area contributed by atoms with E-state index >= 15 is 0 Å². The van der Waals surface area contributed by atoms with Crippen LogP contribution in [-0.4, -0.2) is 39.2 Å². The van der Waals surface area contributed by atoms with Gasteiger partial charge in [-0.1, -0.05) is 24.2 Å². The van der Waals surface area contributed by atoms with Crippen molar-refractivity contribution in [3.63, 3.8) is 0 Å². The average Bonchev–Trinajstić information content (AvgIpc) is 3.11. The van der Waals surface area contributed by atoms with Crippen LogP contribution in [0, 0.1) is 0 Å². The van der Waals surface area contributed by atoms with E-state index in [-0.39, 0.29) is 5.91 Å². The Morgan fingerprint density at radius 3 is 2.69 bits per heavy atom. The zero-order valence-corrected chi connectivity index (χ0v) is 16.9. The maximum atomic E-state index is 12.2. The summed E-state index contributed by atoms with van der Waals surface area (Å²) < 4.78 is 0. The topological polar surface area (TPSA) is 95.9 Å². The number of amides is 1. The molecular formula is C20H23N7OS. The Bertz CT molecular complexity index is 922. The molecule has 0 bridgehead atoms. The molecule has 8 nitrogen and oxygen atoms in total. The molecule has 1 aliphatic rings. The predicted molar refractivity (Wildman–Crippen MR) is 114 cm³/mol. The van der Waals surface area contributed by atoms with E-state index in [0.717, 1.165) is 24.5 Å². The van der Waals surface area contributed by atoms with Gasteiger partial charge in [0.1, 0.15) is 17.1 Å². The molecule has 0 aliphatic carbocycles. The Morgan fingerprint density at radius 2 is 1.97 bits per heavy atom. The van der Waals surface area contributed by atoms with E-state index in [0.29, 0.717) is 23.1 Å². The molecule has 0 aromatic carbocycles. The van der Waals surface area contributed by atoms with Crippen LogP contribution in [-0.2, 0) is 6.54 Å². The normalized spacial score (nSPS) is 14.3. The van der Waals surface area contributed by atoms with Gasteiger partial charge in [-0.3, -0.25) is 10.1 Å². The second kappa shape index (κ2) is 9.42. The Labute approximate surface area is 173 Å². The molecule has 29 heavy (non-hydrogen) atoms. The molecule has 4 rings (SSSR count). The first-order valence-corrected chi connectivity index (χ1v) is 10.6. The van der Waals surface area contributed by atoms with Gasteiger partial charge in [0.15, 0.2) is 0 Å². The standard InChI is InChI=1S/C20H23N7OS/c28-19(25-20-26-24-14-29-20)16-5-6-17(23-13-16)22-12-15-7-8-21-18(11-15)27-9-3-1-2-4-10-27/h5-8,11,13-14H,1-4,9-10,12H2,(H,22,23)(H,25,26,28). The number of carbonyl (C=O) groups is 1. The highest BCUT2D eigenvalue weighted by Gasteiger charge is 2.12. The maximum Gasteiger partial charge on any atom is 0.259 e. The van der Waals surface area contributed by atoms with Crippen molar-refractivity contribution in [2.75, 3.05) is 28.6 Å². The van der Waals surface area contributed by atoms with Crippen molar-refractivity contribution in [2.45, 2.75) is 32.2 Å². The van der Waals surface area contributed by atoms with Crippen LogP contribution < -0.4 is 15.5 Å². The minimum atomic E-state index is -0.253. The van der Waals surface area contributed by atoms with Gasteiger partial charge in [-0.25, -0.2) is 9.97 Å². The van der Waals surface area contributed by atoms with E-state index in [4.69, 9.17) is 0 Å². The monoisotopic (exact) mass is 409 g/mol. The molecular weight excluding hydrogens is 386 g/mol. The second-order valence-corrected chi connectivity index (χ2v) is 7.74. The molecule has 150 valence electrons. The number of rotatable bonds is 6. The molecule has 3 aromatic heterocycles. The molecule has 0 saturated carbocycles. The molecule has 9 heteroatoms. The number of pyridine rings is 2. The summed E-state index contributed by atoms with van der Waals surface area (Å²) in [5, 5.41) is 14.0. The lowest BCUT2D eigenvalue weighted by molar-refractivity contribution is 0.102. The highest BCUT2D eigenvalue weighted by Crippen LogP contribution is 2.19. The van der Waals surface area contributed by atoms with Gasteiger partial charge < -0.3 is 10.2 Å². The quantitative estimate of drug-likeness (QED) is 0.642. The summed E-state index contributed by atoms with van der Waals surface area (Å²) in [6.07, 6.45) is 8.48. The fourth-order valence-electron chi connectivity index (χ4n) is 3.27. The van der Waals surface area contributed by atoms with E-state index in [2.05, 4.69) is 41.8 Å². The summed E-state index contributed by atoms with van der Waals surface area (Å²) in [7, 11) is 0. The lowest BCUT2D eigenvalue weighted by Gasteiger charge is -2.21. The molecule has 1 aliphatic heterocycles. The van der Waals surface area contributed by atoms with E-state index in [1.807, 2.05) is 12.3 Å². The van der Waals surface area contributed by atoms with Crippen LogP contribution >= 0.6 is 11.3 Å². The van der Waals surface area contributed by atoms with Gasteiger partial charge in [-0.2, -0.15) is 0 Å². The first kappa shape index (κ1) is 19.3. The van der Waals surface area contributed by atoms with Crippen LogP contribution in [0.1, 0.15) is 41.6 Å². The van der Waals surface area contributed by atoms with Crippen LogP contribution in [0.15, 0.2) is 42.2 Å². The fourth-order valence-corrected chi connectivity index (χ4v) is 3.71. The smallest absolute Gasteiger partial charge is 0.259 e. The van der Waals surface area contributed by atoms with E-state index in [1.165, 1.54) is 37.0 Å². The van der Waals surface area contributed by atoms with Crippen molar-refractivity contribution in [2.24, 2.45) is 0 Å². The highest BCUT2D eigenvalue weighted by molar-refractivity contribution is 7.13. The Morgan fingerprint density at radius 1 is 1.10 bits per heavy atom. The van der Waals surface area contributed by atoms with Crippen LogP contribution in [0.4, 0.5) is 16.8 Å². The summed E-state index contributed by atoms with van der Waals surface area (Å²) in [6, 6.07) is 7.69. The molecule has 4 heterocycles. The van der Waals surface area contributed by atoms with Gasteiger partial charge in [0.25, 0.3) is 5.91 Å². The Kier molecular flexibility index (Phi) is 6.25. The number of nitrogens with zero attached hydrogens (tertiary/aromatic N) is 5. The lowest BCUT2D eigenvalue weighted by atomic mass is 10.2. The Hall–Kier alpha value is -3.07. The molecule has 3 aromatic rings. The largest absolute Gasteiger partial charge is 0.366 e. The van der Waals surface area contributed by atoms with Crippen molar-refractivity contribution in [3.8, 4) is 0 Å². The predicted octanol–water partition coefficient (Wildman–Crippen LogP) is 3.57. The summed E-state index contributed by atoms with van der Waals surface area (Å²) in [6.45, 7) is 2.80. The first-order valence-electron chi connectivity index (χ1n) is 9.75. The van der Waals surface area contributed by atoms with Gasteiger partial charge in [-0.05, 0) is 42.7 Å². The van der Waals surface area contributed by atoms with Crippen LogP contribution in [0.5, 0.6) is 0 Å². The maximum absolute atomic E-state index is 12.2. The molecule has 0 unspecified atom stereocenters. The van der Waals surface area contributed by atoms with Crippen LogP contribution in [0.3, 0.4) is 0 Å². The van der Waals surface area contributed by atoms with Crippen molar-refractivity contribution in [3.05, 3.63) is 53.3 Å². The minimum absolute atomic E-state index is 0.253. The third kappa shape index (κ3) is 5.26. The summed E-state index contributed by atoms with van der Waals surface area (Å²) >= 11 is 1.27. The number of hydrogen-bond donors (Lipinski definition) is 2. The molecule has 1 saturated heterocycles. The Balaban J connectivity index is 1.34. The molecule has 0 atom stereocenters. The van der Waals surface area contributed by atoms with Crippen LogP contribution in [0.2, 0.25) is 0 Å². The first-order chi connectivity index (χ1) is 14.3. The molecule has 2 N–H and O–H groups in total. The van der Waals surface area contributed by atoms with Crippen LogP contribution in [0.25, 0.3) is 0 Å². The van der Waals surface area contributed by atoms with Gasteiger partial charge in [0.2, 0.25) is 5.13 Å². The molecule has 0 spiro atoms. The fraction of sp³-hybridized carbons (Fsp3) is 0.350. The molecule has 0 radical (unpaired) electrons. The number of carbonyl (C=O) groups excluding carboxylic acids is 1. The summed E-state index contributed by atoms with van der Waals surface area (Å²) in [5.74, 6) is 1.51. The zero-order valence-electron chi connectivity index (χ0n) is 16.0. The molecule has 1 amide bonds. The van der Waals surface area contributed by atoms with Gasteiger partial charge in [-0.15, -0.1) is 10.2 Å². The van der Waals surface area contributed by atoms with Gasteiger partial charge in [0, 0.05) is 32.0 Å². The number of anilines is 3. The van der Waals surface area contributed by atoms with Crippen molar-refractivity contribution < 1.29 is 4.79 Å². The minimum Gasteiger partial charge on any atom is -0.366 e.